The number of halogens is 1. The second kappa shape index (κ2) is 19.9. The maximum absolute atomic E-state index is 14.0. The Morgan fingerprint density at radius 3 is 2.19 bits per heavy atom. The van der Waals surface area contributed by atoms with Gasteiger partial charge in [0.25, 0.3) is 0 Å². The van der Waals surface area contributed by atoms with Crippen molar-refractivity contribution >= 4 is 11.8 Å². The number of unbranched alkanes of at least 4 members (excludes halogenated alkanes) is 2. The summed E-state index contributed by atoms with van der Waals surface area (Å²) in [7, 11) is 1.74. The lowest BCUT2D eigenvalue weighted by Gasteiger charge is -2.08. The maximum atomic E-state index is 14.0. The van der Waals surface area contributed by atoms with Crippen molar-refractivity contribution in [1.82, 2.24) is 9.97 Å². The van der Waals surface area contributed by atoms with Crippen molar-refractivity contribution in [2.24, 2.45) is 4.99 Å². The van der Waals surface area contributed by atoms with E-state index >= 15 is 0 Å². The van der Waals surface area contributed by atoms with Crippen LogP contribution in [0.4, 0.5) is 4.39 Å². The van der Waals surface area contributed by atoms with Crippen LogP contribution >= 0.6 is 0 Å². The lowest BCUT2D eigenvalue weighted by atomic mass is 10.0. The third-order valence-electron chi connectivity index (χ3n) is 5.30. The lowest BCUT2D eigenvalue weighted by molar-refractivity contribution is 0.135. The topological polar surface area (TPSA) is 47.4 Å². The van der Waals surface area contributed by atoms with Gasteiger partial charge in [-0.1, -0.05) is 65.2 Å². The molecule has 3 rings (SSSR count). The SMILES string of the molecule is C/C=C(\C=NC)c1cncc(-c2ccnc(-c3ccccc3F)c2)c1.CCCCC.CCCOCCC. The van der Waals surface area contributed by atoms with Gasteiger partial charge in [0.15, 0.2) is 0 Å². The average molecular weight is 506 g/mol. The highest BCUT2D eigenvalue weighted by atomic mass is 19.1. The van der Waals surface area contributed by atoms with Crippen LogP contribution in [0.3, 0.4) is 0 Å². The zero-order valence-corrected chi connectivity index (χ0v) is 23.5. The fraction of sp³-hybridized carbons (Fsp3) is 0.406. The Balaban J connectivity index is 0.000000476. The molecule has 37 heavy (non-hydrogen) atoms. The Morgan fingerprint density at radius 1 is 0.919 bits per heavy atom. The fourth-order valence-corrected chi connectivity index (χ4v) is 3.38. The number of hydrogen-bond donors (Lipinski definition) is 0. The third-order valence-corrected chi connectivity index (χ3v) is 5.30. The summed E-state index contributed by atoms with van der Waals surface area (Å²) in [6.45, 7) is 12.5. The summed E-state index contributed by atoms with van der Waals surface area (Å²) in [6.07, 6.45) is 15.4. The molecule has 0 radical (unpaired) electrons. The number of nitrogens with zero attached hydrogens (tertiary/aromatic N) is 3. The number of ether oxygens (including phenoxy) is 1. The summed E-state index contributed by atoms with van der Waals surface area (Å²) in [5.41, 5.74) is 4.95. The molecule has 0 amide bonds. The zero-order valence-electron chi connectivity index (χ0n) is 23.5. The number of allylic oxidation sites excluding steroid dienone is 2. The molecule has 0 atom stereocenters. The Morgan fingerprint density at radius 2 is 1.62 bits per heavy atom. The van der Waals surface area contributed by atoms with Gasteiger partial charge in [0.05, 0.1) is 5.69 Å². The quantitative estimate of drug-likeness (QED) is 0.204. The first kappa shape index (κ1) is 31.8. The Kier molecular flexibility index (Phi) is 17.2. The Hall–Kier alpha value is -3.18. The minimum absolute atomic E-state index is 0.283. The van der Waals surface area contributed by atoms with Crippen molar-refractivity contribution < 1.29 is 9.13 Å². The molecule has 0 saturated carbocycles. The molecule has 0 spiro atoms. The molecule has 0 N–H and O–H groups in total. The van der Waals surface area contributed by atoms with E-state index in [4.69, 9.17) is 4.74 Å². The molecule has 1 aromatic carbocycles. The van der Waals surface area contributed by atoms with E-state index in [-0.39, 0.29) is 5.82 Å². The van der Waals surface area contributed by atoms with E-state index in [0.717, 1.165) is 48.3 Å². The number of benzene rings is 1. The van der Waals surface area contributed by atoms with E-state index in [1.807, 2.05) is 31.2 Å². The van der Waals surface area contributed by atoms with E-state index in [0.29, 0.717) is 11.3 Å². The number of hydrogen-bond acceptors (Lipinski definition) is 4. The fourth-order valence-electron chi connectivity index (χ4n) is 3.38. The normalized spacial score (nSPS) is 10.9. The summed E-state index contributed by atoms with van der Waals surface area (Å²) in [6, 6.07) is 12.5. The highest BCUT2D eigenvalue weighted by Gasteiger charge is 2.08. The summed E-state index contributed by atoms with van der Waals surface area (Å²) in [5.74, 6) is -0.283. The molecule has 0 saturated heterocycles. The smallest absolute Gasteiger partial charge is 0.132 e. The van der Waals surface area contributed by atoms with Crippen molar-refractivity contribution in [3.05, 3.63) is 78.5 Å². The number of aromatic nitrogens is 2. The van der Waals surface area contributed by atoms with Gasteiger partial charge in [-0.05, 0) is 61.2 Å². The number of aliphatic imine (C=N–C) groups is 1. The minimum Gasteiger partial charge on any atom is -0.381 e. The van der Waals surface area contributed by atoms with Crippen LogP contribution in [-0.4, -0.2) is 36.4 Å². The zero-order chi connectivity index (χ0) is 27.3. The van der Waals surface area contributed by atoms with E-state index in [9.17, 15) is 4.39 Å². The highest BCUT2D eigenvalue weighted by molar-refractivity contribution is 6.09. The summed E-state index contributed by atoms with van der Waals surface area (Å²) < 4.78 is 19.2. The van der Waals surface area contributed by atoms with Crippen molar-refractivity contribution in [3.8, 4) is 22.4 Å². The first-order valence-corrected chi connectivity index (χ1v) is 13.4. The Labute approximate surface area is 223 Å². The van der Waals surface area contributed by atoms with Gasteiger partial charge < -0.3 is 4.74 Å². The highest BCUT2D eigenvalue weighted by Crippen LogP contribution is 2.27. The second-order valence-corrected chi connectivity index (χ2v) is 8.47. The maximum Gasteiger partial charge on any atom is 0.132 e. The predicted molar refractivity (Wildman–Crippen MR) is 158 cm³/mol. The predicted octanol–water partition coefficient (Wildman–Crippen LogP) is 9.07. The summed E-state index contributed by atoms with van der Waals surface area (Å²) >= 11 is 0. The first-order chi connectivity index (χ1) is 18.1. The monoisotopic (exact) mass is 505 g/mol. The minimum atomic E-state index is -0.283. The van der Waals surface area contributed by atoms with Crippen molar-refractivity contribution in [2.75, 3.05) is 20.3 Å². The van der Waals surface area contributed by atoms with Gasteiger partial charge in [-0.25, -0.2) is 4.39 Å². The third kappa shape index (κ3) is 12.1. The van der Waals surface area contributed by atoms with Crippen LogP contribution in [0.25, 0.3) is 28.0 Å². The average Bonchev–Trinajstić information content (AvgIpc) is 2.93. The van der Waals surface area contributed by atoms with Crippen LogP contribution in [0.2, 0.25) is 0 Å². The lowest BCUT2D eigenvalue weighted by Crippen LogP contribution is -1.92. The van der Waals surface area contributed by atoms with E-state index in [1.54, 1.807) is 50.1 Å². The molecule has 5 heteroatoms. The summed E-state index contributed by atoms with van der Waals surface area (Å²) in [5, 5.41) is 0. The molecule has 2 heterocycles. The van der Waals surface area contributed by atoms with Gasteiger partial charge in [0.2, 0.25) is 0 Å². The van der Waals surface area contributed by atoms with Crippen LogP contribution < -0.4 is 0 Å². The van der Waals surface area contributed by atoms with Crippen LogP contribution in [-0.2, 0) is 4.74 Å². The van der Waals surface area contributed by atoms with E-state index < -0.39 is 0 Å². The molecule has 3 aromatic rings. The van der Waals surface area contributed by atoms with Crippen molar-refractivity contribution in [2.45, 2.75) is 66.7 Å². The van der Waals surface area contributed by atoms with E-state index in [2.05, 4.69) is 42.7 Å². The van der Waals surface area contributed by atoms with Crippen LogP contribution in [0.5, 0.6) is 0 Å². The molecule has 0 aliphatic rings. The van der Waals surface area contributed by atoms with Gasteiger partial charge in [0, 0.05) is 61.8 Å². The molecular weight excluding hydrogens is 461 g/mol. The molecule has 0 aliphatic carbocycles. The number of rotatable bonds is 10. The second-order valence-electron chi connectivity index (χ2n) is 8.47. The van der Waals surface area contributed by atoms with Crippen molar-refractivity contribution in [3.63, 3.8) is 0 Å². The van der Waals surface area contributed by atoms with Crippen LogP contribution in [0.1, 0.15) is 72.3 Å². The molecular formula is C32H44FN3O. The first-order valence-electron chi connectivity index (χ1n) is 13.4. The molecule has 0 bridgehead atoms. The van der Waals surface area contributed by atoms with Gasteiger partial charge in [-0.15, -0.1) is 0 Å². The molecule has 200 valence electrons. The molecule has 0 fully saturated rings. The standard InChI is InChI=1S/C21H18FN3.C6H14O.C5H12/c1-3-15(12-23-2)17-10-18(14-24-13-17)16-8-9-25-21(11-16)19-6-4-5-7-20(19)22;1-3-5-7-6-4-2;1-3-5-4-2/h3-14H,1-2H3;3-6H2,1-2H3;3-5H2,1-2H3/b15-3+,23-12?;;. The van der Waals surface area contributed by atoms with Gasteiger partial charge in [0.1, 0.15) is 5.82 Å². The van der Waals surface area contributed by atoms with Crippen molar-refractivity contribution in [1.29, 1.82) is 0 Å². The van der Waals surface area contributed by atoms with Gasteiger partial charge in [-0.2, -0.15) is 0 Å². The van der Waals surface area contributed by atoms with Crippen LogP contribution in [0, 0.1) is 5.82 Å². The van der Waals surface area contributed by atoms with Gasteiger partial charge >= 0.3 is 0 Å². The van der Waals surface area contributed by atoms with E-state index in [1.165, 1.54) is 25.3 Å². The molecule has 0 unspecified atom stereocenters. The largest absolute Gasteiger partial charge is 0.381 e. The van der Waals surface area contributed by atoms with Crippen LogP contribution in [0.15, 0.2) is 72.1 Å². The summed E-state index contributed by atoms with van der Waals surface area (Å²) in [4.78, 5) is 12.7. The number of pyridine rings is 2. The Bertz CT molecular complexity index is 1070. The molecule has 2 aromatic heterocycles. The molecule has 4 nitrogen and oxygen atoms in total. The van der Waals surface area contributed by atoms with Gasteiger partial charge in [-0.3, -0.25) is 15.0 Å². The molecule has 0 aliphatic heterocycles.